The number of carbonyl (C=O) groups excluding carboxylic acids is 2. The van der Waals surface area contributed by atoms with Gasteiger partial charge in [0.2, 0.25) is 0 Å². The molecule has 0 fully saturated rings. The quantitative estimate of drug-likeness (QED) is 0.277. The van der Waals surface area contributed by atoms with Gasteiger partial charge < -0.3 is 25.2 Å². The largest absolute Gasteiger partial charge is 0.506 e. The molecule has 0 saturated heterocycles. The molecule has 0 unspecified atom stereocenters. The van der Waals surface area contributed by atoms with Crippen molar-refractivity contribution in [1.82, 2.24) is 10.6 Å². The molecule has 3 N–H and O–H groups in total. The molecular weight excluding hydrogens is 544 g/mol. The van der Waals surface area contributed by atoms with Gasteiger partial charge in [-0.2, -0.15) is 0 Å². The van der Waals surface area contributed by atoms with Gasteiger partial charge in [0.1, 0.15) is 16.3 Å². The second-order valence-corrected chi connectivity index (χ2v) is 8.79. The number of carbonyl (C=O) groups is 2. The van der Waals surface area contributed by atoms with Gasteiger partial charge in [0.15, 0.2) is 5.75 Å². The topological polar surface area (TPSA) is 96.9 Å². The number of esters is 1. The van der Waals surface area contributed by atoms with Crippen LogP contribution in [0.4, 0.5) is 0 Å². The molecule has 0 aliphatic rings. The summed E-state index contributed by atoms with van der Waals surface area (Å²) in [5.74, 6) is -0.987. The Labute approximate surface area is 205 Å². The van der Waals surface area contributed by atoms with Crippen LogP contribution in [-0.4, -0.2) is 50.3 Å². The maximum Gasteiger partial charge on any atom is 0.328 e. The summed E-state index contributed by atoms with van der Waals surface area (Å²) < 4.78 is 11.5. The Hall–Kier alpha value is -2.10. The van der Waals surface area contributed by atoms with Crippen molar-refractivity contribution in [2.45, 2.75) is 32.2 Å². The Balaban J connectivity index is 2.25. The lowest BCUT2D eigenvalue weighted by Crippen LogP contribution is -2.43. The van der Waals surface area contributed by atoms with Gasteiger partial charge in [-0.1, -0.05) is 30.3 Å². The number of rotatable bonds is 11. The molecule has 0 bridgehead atoms. The van der Waals surface area contributed by atoms with Gasteiger partial charge in [-0.15, -0.1) is 0 Å². The predicted octanol–water partition coefficient (Wildman–Crippen LogP) is 4.12. The molecule has 2 aromatic rings. The lowest BCUT2D eigenvalue weighted by atomic mass is 10.0. The molecule has 7 nitrogen and oxygen atoms in total. The van der Waals surface area contributed by atoms with Gasteiger partial charge >= 0.3 is 5.97 Å². The van der Waals surface area contributed by atoms with Crippen molar-refractivity contribution in [1.29, 1.82) is 0 Å². The van der Waals surface area contributed by atoms with Crippen molar-refractivity contribution in [2.24, 2.45) is 0 Å². The molecule has 1 atom stereocenters. The molecule has 1 amide bonds. The Morgan fingerprint density at radius 1 is 1.12 bits per heavy atom. The van der Waals surface area contributed by atoms with Crippen molar-refractivity contribution in [3.8, 4) is 11.5 Å². The van der Waals surface area contributed by atoms with Crippen LogP contribution in [0.25, 0.3) is 0 Å². The molecule has 0 aliphatic heterocycles. The molecule has 0 spiro atoms. The van der Waals surface area contributed by atoms with E-state index in [1.165, 1.54) is 7.11 Å². The predicted molar refractivity (Wildman–Crippen MR) is 130 cm³/mol. The van der Waals surface area contributed by atoms with Crippen LogP contribution in [0.5, 0.6) is 11.5 Å². The van der Waals surface area contributed by atoms with E-state index in [1.54, 1.807) is 6.92 Å². The standard InChI is InChI=1S/C23H28Br2N2O5/c1-14-17(20(28)19(25)21(18(14)24)32-12-8-7-11-26-2)22(29)27-16(23(30)31-3)13-15-9-5-4-6-10-15/h4-6,9-10,16,26,28H,7-8,11-13H2,1-3H3,(H,27,29)/t16-/m0/s1. The van der Waals surface area contributed by atoms with Crippen LogP contribution < -0.4 is 15.4 Å². The Bertz CT molecular complexity index is 909. The number of halogens is 2. The fourth-order valence-corrected chi connectivity index (χ4v) is 4.46. The Kier molecular flexibility index (Phi) is 10.5. The molecule has 0 saturated carbocycles. The maximum atomic E-state index is 13.1. The number of phenolic OH excluding ortho intramolecular Hbond substituents is 1. The minimum Gasteiger partial charge on any atom is -0.506 e. The SMILES string of the molecule is CNCCCCOc1c(Br)c(C)c(C(=O)N[C@@H](Cc2ccccc2)C(=O)OC)c(O)c1Br. The summed E-state index contributed by atoms with van der Waals surface area (Å²) in [7, 11) is 3.16. The number of benzene rings is 2. The van der Waals surface area contributed by atoms with Crippen molar-refractivity contribution in [3.05, 3.63) is 56.0 Å². The summed E-state index contributed by atoms with van der Waals surface area (Å²) in [5, 5.41) is 16.5. The summed E-state index contributed by atoms with van der Waals surface area (Å²) in [5.41, 5.74) is 1.42. The third-order valence-electron chi connectivity index (χ3n) is 4.92. The summed E-state index contributed by atoms with van der Waals surface area (Å²) in [4.78, 5) is 25.4. The van der Waals surface area contributed by atoms with E-state index < -0.39 is 17.9 Å². The molecule has 2 rings (SSSR count). The van der Waals surface area contributed by atoms with Crippen LogP contribution in [-0.2, 0) is 16.0 Å². The summed E-state index contributed by atoms with van der Waals surface area (Å²) >= 11 is 6.82. The van der Waals surface area contributed by atoms with E-state index in [1.807, 2.05) is 37.4 Å². The summed E-state index contributed by atoms with van der Waals surface area (Å²) in [6.07, 6.45) is 2.05. The Morgan fingerprint density at radius 2 is 1.81 bits per heavy atom. The van der Waals surface area contributed by atoms with E-state index in [4.69, 9.17) is 9.47 Å². The van der Waals surface area contributed by atoms with E-state index in [2.05, 4.69) is 42.5 Å². The van der Waals surface area contributed by atoms with Crippen LogP contribution in [0.1, 0.15) is 34.3 Å². The van der Waals surface area contributed by atoms with Gasteiger partial charge in [0, 0.05) is 6.42 Å². The van der Waals surface area contributed by atoms with Gasteiger partial charge in [0.05, 0.1) is 23.8 Å². The van der Waals surface area contributed by atoms with Crippen LogP contribution in [0, 0.1) is 6.92 Å². The monoisotopic (exact) mass is 570 g/mol. The van der Waals surface area contributed by atoms with Crippen LogP contribution in [0.2, 0.25) is 0 Å². The van der Waals surface area contributed by atoms with Gasteiger partial charge in [0.25, 0.3) is 5.91 Å². The van der Waals surface area contributed by atoms with Crippen LogP contribution in [0.15, 0.2) is 39.3 Å². The van der Waals surface area contributed by atoms with E-state index in [9.17, 15) is 14.7 Å². The van der Waals surface area contributed by atoms with Gasteiger partial charge in [-0.05, 0) is 76.3 Å². The zero-order valence-electron chi connectivity index (χ0n) is 18.3. The van der Waals surface area contributed by atoms with Crippen molar-refractivity contribution in [2.75, 3.05) is 27.3 Å². The highest BCUT2D eigenvalue weighted by molar-refractivity contribution is 9.11. The third kappa shape index (κ3) is 6.70. The zero-order valence-corrected chi connectivity index (χ0v) is 21.5. The fraction of sp³-hybridized carbons (Fsp3) is 0.391. The fourth-order valence-electron chi connectivity index (χ4n) is 3.17. The van der Waals surface area contributed by atoms with Gasteiger partial charge in [-0.25, -0.2) is 4.79 Å². The lowest BCUT2D eigenvalue weighted by molar-refractivity contribution is -0.142. The molecule has 174 valence electrons. The highest BCUT2D eigenvalue weighted by Crippen LogP contribution is 2.45. The van der Waals surface area contributed by atoms with E-state index in [0.29, 0.717) is 22.4 Å². The number of hydrogen-bond acceptors (Lipinski definition) is 6. The minimum absolute atomic E-state index is 0.0493. The number of nitrogens with one attached hydrogen (secondary N) is 2. The minimum atomic E-state index is -0.908. The van der Waals surface area contributed by atoms with Crippen molar-refractivity contribution < 1.29 is 24.2 Å². The molecule has 0 aliphatic carbocycles. The molecule has 0 aromatic heterocycles. The number of methoxy groups -OCH3 is 1. The maximum absolute atomic E-state index is 13.1. The molecule has 9 heteroatoms. The van der Waals surface area contributed by atoms with Crippen LogP contribution in [0.3, 0.4) is 0 Å². The molecule has 32 heavy (non-hydrogen) atoms. The second kappa shape index (κ2) is 12.8. The van der Waals surface area contributed by atoms with Gasteiger partial charge in [-0.3, -0.25) is 4.79 Å². The smallest absolute Gasteiger partial charge is 0.328 e. The zero-order chi connectivity index (χ0) is 23.7. The molecule has 0 heterocycles. The number of ether oxygens (including phenoxy) is 2. The number of aromatic hydroxyl groups is 1. The van der Waals surface area contributed by atoms with Crippen LogP contribution >= 0.6 is 31.9 Å². The molecule has 2 aromatic carbocycles. The first kappa shape index (κ1) is 26.2. The van der Waals surface area contributed by atoms with Crippen molar-refractivity contribution >= 4 is 43.7 Å². The second-order valence-electron chi connectivity index (χ2n) is 7.20. The normalized spacial score (nSPS) is 11.7. The summed E-state index contributed by atoms with van der Waals surface area (Å²) in [6, 6.07) is 8.40. The molecular formula is C23H28Br2N2O5. The Morgan fingerprint density at radius 3 is 2.44 bits per heavy atom. The first-order chi connectivity index (χ1) is 15.3. The van der Waals surface area contributed by atoms with E-state index in [-0.39, 0.29) is 22.2 Å². The average molecular weight is 572 g/mol. The number of unbranched alkanes of at least 4 members (excludes halogenated alkanes) is 1. The van der Waals surface area contributed by atoms with E-state index in [0.717, 1.165) is 24.9 Å². The number of amides is 1. The molecule has 0 radical (unpaired) electrons. The van der Waals surface area contributed by atoms with Crippen molar-refractivity contribution in [3.63, 3.8) is 0 Å². The first-order valence-electron chi connectivity index (χ1n) is 10.2. The highest BCUT2D eigenvalue weighted by Gasteiger charge is 2.28. The third-order valence-corrected chi connectivity index (χ3v) is 6.61. The average Bonchev–Trinajstić information content (AvgIpc) is 2.79. The first-order valence-corrected chi connectivity index (χ1v) is 11.8. The van der Waals surface area contributed by atoms with E-state index >= 15 is 0 Å². The number of hydrogen-bond donors (Lipinski definition) is 3. The lowest BCUT2D eigenvalue weighted by Gasteiger charge is -2.20. The summed E-state index contributed by atoms with van der Waals surface area (Å²) in [6.45, 7) is 3.05. The number of phenols is 1. The highest BCUT2D eigenvalue weighted by atomic mass is 79.9.